The lowest BCUT2D eigenvalue weighted by atomic mass is 10.3. The summed E-state index contributed by atoms with van der Waals surface area (Å²) in [5, 5.41) is 6.18. The van der Waals surface area contributed by atoms with E-state index in [1.807, 2.05) is 0 Å². The van der Waals surface area contributed by atoms with Crippen LogP contribution in [0.2, 0.25) is 0 Å². The second-order valence-corrected chi connectivity index (χ2v) is 3.22. The summed E-state index contributed by atoms with van der Waals surface area (Å²) in [6, 6.07) is 6.45. The van der Waals surface area contributed by atoms with E-state index < -0.39 is 0 Å². The molecule has 0 unspecified atom stereocenters. The monoisotopic (exact) mass is 218 g/mol. The number of nitrogen functional groups attached to an aromatic ring is 1. The van der Waals surface area contributed by atoms with Gasteiger partial charge in [-0.3, -0.25) is 4.79 Å². The average Bonchev–Trinajstić information content (AvgIpc) is 2.64. The molecule has 16 heavy (non-hydrogen) atoms. The van der Waals surface area contributed by atoms with Gasteiger partial charge in [-0.15, -0.1) is 0 Å². The fourth-order valence-corrected chi connectivity index (χ4v) is 1.18. The molecule has 0 atom stereocenters. The number of rotatable bonds is 2. The quantitative estimate of drug-likeness (QED) is 0.790. The van der Waals surface area contributed by atoms with Crippen LogP contribution in [0.3, 0.4) is 0 Å². The second kappa shape index (κ2) is 4.01. The van der Waals surface area contributed by atoms with E-state index in [9.17, 15) is 4.79 Å². The fourth-order valence-electron chi connectivity index (χ4n) is 1.18. The highest BCUT2D eigenvalue weighted by Crippen LogP contribution is 2.09. The summed E-state index contributed by atoms with van der Waals surface area (Å²) >= 11 is 0. The predicted molar refractivity (Wildman–Crippen MR) is 57.8 cm³/mol. The van der Waals surface area contributed by atoms with Gasteiger partial charge in [0, 0.05) is 6.07 Å². The van der Waals surface area contributed by atoms with E-state index in [1.165, 1.54) is 0 Å². The molecule has 2 aromatic heterocycles. The lowest BCUT2D eigenvalue weighted by Crippen LogP contribution is -2.14. The van der Waals surface area contributed by atoms with E-state index in [4.69, 9.17) is 10.3 Å². The van der Waals surface area contributed by atoms with Crippen LogP contribution >= 0.6 is 0 Å². The molecule has 0 aliphatic carbocycles. The number of hydrogen-bond acceptors (Lipinski definition) is 5. The Morgan fingerprint density at radius 2 is 2.31 bits per heavy atom. The summed E-state index contributed by atoms with van der Waals surface area (Å²) in [6.45, 7) is 1.74. The number of aryl methyl sites for hydroxylation is 1. The molecule has 2 aromatic rings. The van der Waals surface area contributed by atoms with E-state index >= 15 is 0 Å². The van der Waals surface area contributed by atoms with E-state index in [0.717, 1.165) is 0 Å². The third kappa shape index (κ3) is 2.17. The predicted octanol–water partition coefficient (Wildman–Crippen LogP) is 1.21. The summed E-state index contributed by atoms with van der Waals surface area (Å²) in [6.07, 6.45) is 0. The molecule has 2 rings (SSSR count). The molecule has 3 N–H and O–H groups in total. The van der Waals surface area contributed by atoms with Gasteiger partial charge in [-0.1, -0.05) is 11.2 Å². The molecule has 1 amide bonds. The molecule has 0 saturated heterocycles. The molecular weight excluding hydrogens is 208 g/mol. The number of amides is 1. The van der Waals surface area contributed by atoms with Gasteiger partial charge >= 0.3 is 0 Å². The zero-order valence-corrected chi connectivity index (χ0v) is 8.60. The number of nitrogens with one attached hydrogen (secondary N) is 1. The number of pyridine rings is 1. The van der Waals surface area contributed by atoms with Crippen molar-refractivity contribution in [2.45, 2.75) is 6.92 Å². The number of carbonyl (C=O) groups excluding carboxylic acids is 1. The van der Waals surface area contributed by atoms with E-state index in [1.54, 1.807) is 31.2 Å². The molecule has 0 aliphatic rings. The van der Waals surface area contributed by atoms with Crippen LogP contribution in [0.1, 0.15) is 16.2 Å². The van der Waals surface area contributed by atoms with Crippen LogP contribution < -0.4 is 11.1 Å². The maximum atomic E-state index is 11.7. The van der Waals surface area contributed by atoms with Crippen LogP contribution in [0.4, 0.5) is 11.6 Å². The van der Waals surface area contributed by atoms with Gasteiger partial charge in [0.1, 0.15) is 17.3 Å². The molecule has 82 valence electrons. The van der Waals surface area contributed by atoms with E-state index in [2.05, 4.69) is 15.5 Å². The molecular formula is C10H10N4O2. The Morgan fingerprint density at radius 1 is 1.50 bits per heavy atom. The number of nitrogens with two attached hydrogens (primary N) is 1. The van der Waals surface area contributed by atoms with Gasteiger partial charge in [-0.05, 0) is 19.1 Å². The van der Waals surface area contributed by atoms with Crippen molar-refractivity contribution >= 4 is 17.5 Å². The number of carbonyl (C=O) groups is 1. The first-order valence-electron chi connectivity index (χ1n) is 4.62. The van der Waals surface area contributed by atoms with Gasteiger partial charge in [0.05, 0.1) is 0 Å². The number of anilines is 2. The topological polar surface area (TPSA) is 94.0 Å². The molecule has 0 bridgehead atoms. The van der Waals surface area contributed by atoms with Crippen molar-refractivity contribution in [2.75, 3.05) is 11.1 Å². The van der Waals surface area contributed by atoms with Crippen LogP contribution in [0, 0.1) is 6.92 Å². The molecule has 2 heterocycles. The molecule has 6 heteroatoms. The van der Waals surface area contributed by atoms with Gasteiger partial charge in [0.15, 0.2) is 5.82 Å². The first-order valence-corrected chi connectivity index (χ1v) is 4.62. The summed E-state index contributed by atoms with van der Waals surface area (Å²) in [5.41, 5.74) is 5.71. The number of hydrogen-bond donors (Lipinski definition) is 2. The van der Waals surface area contributed by atoms with Gasteiger partial charge in [-0.2, -0.15) is 0 Å². The van der Waals surface area contributed by atoms with Crippen LogP contribution in [0.15, 0.2) is 28.8 Å². The highest BCUT2D eigenvalue weighted by molar-refractivity contribution is 6.02. The fraction of sp³-hybridized carbons (Fsp3) is 0.100. The largest absolute Gasteiger partial charge is 0.384 e. The Balaban J connectivity index is 2.14. The lowest BCUT2D eigenvalue weighted by Gasteiger charge is -2.00. The Labute approximate surface area is 91.5 Å². The van der Waals surface area contributed by atoms with Gasteiger partial charge < -0.3 is 15.6 Å². The molecule has 0 saturated carbocycles. The number of aromatic nitrogens is 2. The summed E-state index contributed by atoms with van der Waals surface area (Å²) in [5.74, 6) is 0.896. The lowest BCUT2D eigenvalue weighted by molar-refractivity contribution is 0.102. The van der Waals surface area contributed by atoms with Crippen LogP contribution in [-0.4, -0.2) is 16.0 Å². The third-order valence-electron chi connectivity index (χ3n) is 1.87. The maximum Gasteiger partial charge on any atom is 0.275 e. The van der Waals surface area contributed by atoms with Crippen molar-refractivity contribution in [2.24, 2.45) is 0 Å². The van der Waals surface area contributed by atoms with Gasteiger partial charge in [-0.25, -0.2) is 4.98 Å². The smallest absolute Gasteiger partial charge is 0.275 e. The van der Waals surface area contributed by atoms with E-state index in [-0.39, 0.29) is 11.6 Å². The highest BCUT2D eigenvalue weighted by atomic mass is 16.5. The Morgan fingerprint density at radius 3 is 2.94 bits per heavy atom. The summed E-state index contributed by atoms with van der Waals surface area (Å²) in [7, 11) is 0. The molecule has 6 nitrogen and oxygen atoms in total. The molecule has 0 radical (unpaired) electrons. The Kier molecular flexibility index (Phi) is 2.55. The summed E-state index contributed by atoms with van der Waals surface area (Å²) in [4.78, 5) is 15.5. The zero-order valence-electron chi connectivity index (χ0n) is 8.60. The average molecular weight is 218 g/mol. The minimum absolute atomic E-state index is 0.237. The number of nitrogens with zero attached hydrogens (tertiary/aromatic N) is 2. The second-order valence-electron chi connectivity index (χ2n) is 3.22. The first-order chi connectivity index (χ1) is 7.65. The zero-order chi connectivity index (χ0) is 11.5. The molecule has 0 fully saturated rings. The third-order valence-corrected chi connectivity index (χ3v) is 1.87. The van der Waals surface area contributed by atoms with Crippen molar-refractivity contribution in [1.82, 2.24) is 10.1 Å². The first kappa shape index (κ1) is 10.2. The van der Waals surface area contributed by atoms with Crippen molar-refractivity contribution < 1.29 is 9.32 Å². The summed E-state index contributed by atoms with van der Waals surface area (Å²) < 4.78 is 4.82. The van der Waals surface area contributed by atoms with E-state index in [0.29, 0.717) is 17.4 Å². The normalized spacial score (nSPS) is 10.1. The van der Waals surface area contributed by atoms with Crippen molar-refractivity contribution in [3.05, 3.63) is 35.7 Å². The maximum absolute atomic E-state index is 11.7. The van der Waals surface area contributed by atoms with Gasteiger partial charge in [0.2, 0.25) is 0 Å². The van der Waals surface area contributed by atoms with Crippen molar-refractivity contribution in [3.8, 4) is 0 Å². The molecule has 0 spiro atoms. The van der Waals surface area contributed by atoms with Crippen LogP contribution in [0.25, 0.3) is 0 Å². The SMILES string of the molecule is Cc1cc(NC(=O)c2cccc(N)n2)no1. The Hall–Kier alpha value is -2.37. The van der Waals surface area contributed by atoms with Crippen LogP contribution in [0.5, 0.6) is 0 Å². The molecule has 0 aromatic carbocycles. The minimum Gasteiger partial charge on any atom is -0.384 e. The van der Waals surface area contributed by atoms with Gasteiger partial charge in [0.25, 0.3) is 5.91 Å². The minimum atomic E-state index is -0.374. The molecule has 0 aliphatic heterocycles. The standard InChI is InChI=1S/C10H10N4O2/c1-6-5-9(14-16-6)13-10(15)7-3-2-4-8(11)12-7/h2-5H,1H3,(H2,11,12)(H,13,14,15). The van der Waals surface area contributed by atoms with Crippen LogP contribution in [-0.2, 0) is 0 Å². The highest BCUT2D eigenvalue weighted by Gasteiger charge is 2.09. The van der Waals surface area contributed by atoms with Crippen molar-refractivity contribution in [3.63, 3.8) is 0 Å². The Bertz CT molecular complexity index is 521. The van der Waals surface area contributed by atoms with Crippen molar-refractivity contribution in [1.29, 1.82) is 0 Å².